The second kappa shape index (κ2) is 6.71. The lowest BCUT2D eigenvalue weighted by Gasteiger charge is -2.22. The van der Waals surface area contributed by atoms with Gasteiger partial charge in [-0.3, -0.25) is 4.79 Å². The molecule has 4 nitrogen and oxygen atoms in total. The molecule has 4 heteroatoms. The molecule has 4 unspecified atom stereocenters. The van der Waals surface area contributed by atoms with Crippen molar-refractivity contribution in [2.45, 2.75) is 58.2 Å². The van der Waals surface area contributed by atoms with Crippen LogP contribution in [0.1, 0.15) is 46.0 Å². The molecule has 0 aromatic rings. The van der Waals surface area contributed by atoms with Crippen LogP contribution in [0.25, 0.3) is 0 Å². The van der Waals surface area contributed by atoms with Gasteiger partial charge < -0.3 is 15.2 Å². The maximum atomic E-state index is 12.2. The van der Waals surface area contributed by atoms with Crippen LogP contribution in [0.3, 0.4) is 0 Å². The highest BCUT2D eigenvalue weighted by atomic mass is 16.5. The zero-order chi connectivity index (χ0) is 13.8. The first-order chi connectivity index (χ1) is 9.10. The largest absolute Gasteiger partial charge is 0.396 e. The topological polar surface area (TPSA) is 58.6 Å². The van der Waals surface area contributed by atoms with Gasteiger partial charge in [0.1, 0.15) is 0 Å². The van der Waals surface area contributed by atoms with Crippen molar-refractivity contribution in [3.8, 4) is 0 Å². The van der Waals surface area contributed by atoms with Crippen molar-refractivity contribution in [3.05, 3.63) is 0 Å². The third-order valence-corrected chi connectivity index (χ3v) is 4.35. The van der Waals surface area contributed by atoms with Gasteiger partial charge in [0, 0.05) is 13.2 Å². The number of hydrogen-bond donors (Lipinski definition) is 2. The van der Waals surface area contributed by atoms with Crippen molar-refractivity contribution in [2.24, 2.45) is 17.8 Å². The summed E-state index contributed by atoms with van der Waals surface area (Å²) in [5.74, 6) is 1.19. The summed E-state index contributed by atoms with van der Waals surface area (Å²) in [5.41, 5.74) is 0. The van der Waals surface area contributed by atoms with E-state index in [1.54, 1.807) is 0 Å². The molecule has 2 aliphatic rings. The van der Waals surface area contributed by atoms with Gasteiger partial charge in [-0.15, -0.1) is 0 Å². The second-order valence-electron chi connectivity index (χ2n) is 6.47. The fourth-order valence-electron chi connectivity index (χ4n) is 3.44. The van der Waals surface area contributed by atoms with Crippen LogP contribution < -0.4 is 5.32 Å². The van der Waals surface area contributed by atoms with Crippen LogP contribution in [-0.2, 0) is 9.53 Å². The molecule has 0 radical (unpaired) electrons. The Bertz CT molecular complexity index is 306. The maximum Gasteiger partial charge on any atom is 0.225 e. The molecule has 0 saturated carbocycles. The Morgan fingerprint density at radius 3 is 2.74 bits per heavy atom. The summed E-state index contributed by atoms with van der Waals surface area (Å²) in [6.45, 7) is 5.24. The Morgan fingerprint density at radius 1 is 1.42 bits per heavy atom. The average molecular weight is 269 g/mol. The van der Waals surface area contributed by atoms with Crippen LogP contribution in [0, 0.1) is 17.8 Å². The van der Waals surface area contributed by atoms with Gasteiger partial charge in [0.25, 0.3) is 0 Å². The summed E-state index contributed by atoms with van der Waals surface area (Å²) in [6, 6.07) is 0. The molecular formula is C15H27NO3. The molecule has 1 amide bonds. The number of rotatable bonds is 7. The number of aliphatic hydroxyl groups excluding tert-OH is 1. The summed E-state index contributed by atoms with van der Waals surface area (Å²) >= 11 is 0. The maximum absolute atomic E-state index is 12.2. The van der Waals surface area contributed by atoms with E-state index in [-0.39, 0.29) is 24.5 Å². The number of aliphatic hydroxyl groups is 1. The lowest BCUT2D eigenvalue weighted by Crippen LogP contribution is -2.38. The Labute approximate surface area is 115 Å². The molecule has 2 heterocycles. The standard InChI is InChI=1S/C15H27NO3/c1-10(2)7-11(5-6-17)9-16-15(18)13-8-12-3-4-14(13)19-12/h10-14,17H,3-9H2,1-2H3,(H,16,18). The summed E-state index contributed by atoms with van der Waals surface area (Å²) in [6.07, 6.45) is 5.35. The number of carbonyl (C=O) groups excluding carboxylic acids is 1. The van der Waals surface area contributed by atoms with Gasteiger partial charge in [-0.25, -0.2) is 0 Å². The normalized spacial score (nSPS) is 30.8. The SMILES string of the molecule is CC(C)CC(CCO)CNC(=O)C1CC2CCC1O2. The predicted octanol–water partition coefficient (Wildman–Crippen LogP) is 1.71. The van der Waals surface area contributed by atoms with E-state index in [4.69, 9.17) is 9.84 Å². The first-order valence-corrected chi connectivity index (χ1v) is 7.64. The quantitative estimate of drug-likeness (QED) is 0.740. The van der Waals surface area contributed by atoms with E-state index in [9.17, 15) is 4.79 Å². The molecule has 2 aliphatic heterocycles. The van der Waals surface area contributed by atoms with Crippen molar-refractivity contribution < 1.29 is 14.6 Å². The summed E-state index contributed by atoms with van der Waals surface area (Å²) in [5, 5.41) is 12.1. The lowest BCUT2D eigenvalue weighted by atomic mass is 9.88. The average Bonchev–Trinajstić information content (AvgIpc) is 2.97. The molecule has 19 heavy (non-hydrogen) atoms. The highest BCUT2D eigenvalue weighted by Gasteiger charge is 2.44. The van der Waals surface area contributed by atoms with Gasteiger partial charge in [-0.2, -0.15) is 0 Å². The van der Waals surface area contributed by atoms with Crippen molar-refractivity contribution in [1.82, 2.24) is 5.32 Å². The number of amides is 1. The minimum atomic E-state index is 0.0626. The Hall–Kier alpha value is -0.610. The highest BCUT2D eigenvalue weighted by Crippen LogP contribution is 2.38. The molecule has 2 saturated heterocycles. The number of fused-ring (bicyclic) bond motifs is 2. The van der Waals surface area contributed by atoms with Gasteiger partial charge in [-0.1, -0.05) is 13.8 Å². The molecule has 2 bridgehead atoms. The lowest BCUT2D eigenvalue weighted by molar-refractivity contribution is -0.126. The van der Waals surface area contributed by atoms with Crippen LogP contribution in [0.4, 0.5) is 0 Å². The van der Waals surface area contributed by atoms with Crippen LogP contribution in [0.2, 0.25) is 0 Å². The molecule has 0 aromatic heterocycles. The molecular weight excluding hydrogens is 242 g/mol. The van der Waals surface area contributed by atoms with E-state index in [0.717, 1.165) is 32.1 Å². The van der Waals surface area contributed by atoms with Gasteiger partial charge >= 0.3 is 0 Å². The predicted molar refractivity (Wildman–Crippen MR) is 73.7 cm³/mol. The van der Waals surface area contributed by atoms with E-state index in [1.165, 1.54) is 0 Å². The van der Waals surface area contributed by atoms with Crippen LogP contribution in [0.15, 0.2) is 0 Å². The number of ether oxygens (including phenoxy) is 1. The third-order valence-electron chi connectivity index (χ3n) is 4.35. The Kier molecular flexibility index (Phi) is 5.22. The van der Waals surface area contributed by atoms with Gasteiger partial charge in [0.2, 0.25) is 5.91 Å². The second-order valence-corrected chi connectivity index (χ2v) is 6.47. The molecule has 0 spiro atoms. The van der Waals surface area contributed by atoms with E-state index < -0.39 is 0 Å². The summed E-state index contributed by atoms with van der Waals surface area (Å²) in [4.78, 5) is 12.2. The summed E-state index contributed by atoms with van der Waals surface area (Å²) < 4.78 is 5.72. The molecule has 110 valence electrons. The molecule has 2 fully saturated rings. The number of nitrogens with one attached hydrogen (secondary N) is 1. The fraction of sp³-hybridized carbons (Fsp3) is 0.933. The van der Waals surface area contributed by atoms with E-state index in [1.807, 2.05) is 0 Å². The van der Waals surface area contributed by atoms with Crippen molar-refractivity contribution in [2.75, 3.05) is 13.2 Å². The minimum absolute atomic E-state index is 0.0626. The molecule has 0 aliphatic carbocycles. The summed E-state index contributed by atoms with van der Waals surface area (Å²) in [7, 11) is 0. The molecule has 4 atom stereocenters. The first-order valence-electron chi connectivity index (χ1n) is 7.64. The monoisotopic (exact) mass is 269 g/mol. The van der Waals surface area contributed by atoms with Crippen LogP contribution in [0.5, 0.6) is 0 Å². The molecule has 2 N–H and O–H groups in total. The first kappa shape index (κ1) is 14.8. The Balaban J connectivity index is 1.75. The van der Waals surface area contributed by atoms with Crippen LogP contribution in [-0.4, -0.2) is 36.4 Å². The van der Waals surface area contributed by atoms with Crippen molar-refractivity contribution >= 4 is 5.91 Å². The van der Waals surface area contributed by atoms with Crippen LogP contribution >= 0.6 is 0 Å². The zero-order valence-corrected chi connectivity index (χ0v) is 12.1. The molecule has 2 rings (SSSR count). The van der Waals surface area contributed by atoms with E-state index >= 15 is 0 Å². The number of hydrogen-bond acceptors (Lipinski definition) is 3. The minimum Gasteiger partial charge on any atom is -0.396 e. The van der Waals surface area contributed by atoms with Gasteiger partial charge in [0.15, 0.2) is 0 Å². The number of carbonyl (C=O) groups is 1. The molecule has 0 aromatic carbocycles. The highest BCUT2D eigenvalue weighted by molar-refractivity contribution is 5.79. The van der Waals surface area contributed by atoms with Crippen molar-refractivity contribution in [3.63, 3.8) is 0 Å². The van der Waals surface area contributed by atoms with Crippen molar-refractivity contribution in [1.29, 1.82) is 0 Å². The van der Waals surface area contributed by atoms with Gasteiger partial charge in [-0.05, 0) is 43.9 Å². The zero-order valence-electron chi connectivity index (χ0n) is 12.1. The van der Waals surface area contributed by atoms with Gasteiger partial charge in [0.05, 0.1) is 18.1 Å². The third kappa shape index (κ3) is 3.93. The Morgan fingerprint density at radius 2 is 2.21 bits per heavy atom. The smallest absolute Gasteiger partial charge is 0.225 e. The van der Waals surface area contributed by atoms with E-state index in [2.05, 4.69) is 19.2 Å². The fourth-order valence-corrected chi connectivity index (χ4v) is 3.44. The van der Waals surface area contributed by atoms with E-state index in [0.29, 0.717) is 24.5 Å².